The third-order valence-corrected chi connectivity index (χ3v) is 6.82. The average Bonchev–Trinajstić information content (AvgIpc) is 3.10. The van der Waals surface area contributed by atoms with Crippen LogP contribution in [-0.4, -0.2) is 26.1 Å². The molecule has 0 atom stereocenters. The van der Waals surface area contributed by atoms with Crippen LogP contribution in [0.3, 0.4) is 0 Å². The standard InChI is InChI=1S/C19H16N6OS2/c1-10-14(28-19(22-10)24-17(26)12-7-8-12)18-23-13(11-5-3-2-4-6-11)15(27-18)16-20-9-21-25-16/h2-6,9,12H,7-8H2,1H3,(H,20,21,25)(H,22,24,26)/p+1. The number of carbonyl (C=O) groups excluding carboxylic acids is 1. The van der Waals surface area contributed by atoms with Gasteiger partial charge in [-0.05, 0) is 19.8 Å². The average molecular weight is 410 g/mol. The maximum atomic E-state index is 12.1. The Balaban J connectivity index is 1.55. The fourth-order valence-electron chi connectivity index (χ4n) is 2.92. The third kappa shape index (κ3) is 3.23. The van der Waals surface area contributed by atoms with Crippen molar-refractivity contribution in [1.29, 1.82) is 0 Å². The molecule has 4 aromatic rings. The number of aryl methyl sites for hydroxylation is 1. The molecule has 0 unspecified atom stereocenters. The number of hydrogen-bond donors (Lipinski definition) is 2. The topological polar surface area (TPSA) is 97.7 Å². The second kappa shape index (κ2) is 6.92. The first-order valence-electron chi connectivity index (χ1n) is 8.95. The van der Waals surface area contributed by atoms with Crippen LogP contribution in [0.25, 0.3) is 31.8 Å². The lowest BCUT2D eigenvalue weighted by atomic mass is 10.1. The summed E-state index contributed by atoms with van der Waals surface area (Å²) in [6, 6.07) is 10.1. The quantitative estimate of drug-likeness (QED) is 0.524. The Labute approximate surface area is 168 Å². The van der Waals surface area contributed by atoms with Crippen LogP contribution in [0.2, 0.25) is 0 Å². The molecule has 1 aliphatic rings. The van der Waals surface area contributed by atoms with Gasteiger partial charge in [-0.2, -0.15) is 0 Å². The van der Waals surface area contributed by atoms with Crippen molar-refractivity contribution in [3.05, 3.63) is 42.4 Å². The molecule has 0 radical (unpaired) electrons. The molecule has 1 saturated carbocycles. The number of nitrogens with one attached hydrogen (secondary N) is 3. The van der Waals surface area contributed by atoms with Crippen LogP contribution < -0.4 is 10.3 Å². The number of aromatic nitrogens is 5. The molecule has 1 aromatic carbocycles. The minimum absolute atomic E-state index is 0.0668. The summed E-state index contributed by atoms with van der Waals surface area (Å²) < 4.78 is 0. The van der Waals surface area contributed by atoms with Crippen molar-refractivity contribution in [2.75, 3.05) is 5.32 Å². The molecule has 5 rings (SSSR count). The van der Waals surface area contributed by atoms with E-state index in [0.29, 0.717) is 5.13 Å². The highest BCUT2D eigenvalue weighted by Gasteiger charge is 2.30. The maximum Gasteiger partial charge on any atom is 0.274 e. The fraction of sp³-hybridized carbons (Fsp3) is 0.211. The summed E-state index contributed by atoms with van der Waals surface area (Å²) in [5.74, 6) is 1.03. The molecule has 0 saturated heterocycles. The Morgan fingerprint density at radius 3 is 2.71 bits per heavy atom. The largest absolute Gasteiger partial charge is 0.302 e. The van der Waals surface area contributed by atoms with Gasteiger partial charge in [0.2, 0.25) is 5.91 Å². The van der Waals surface area contributed by atoms with Crippen LogP contribution in [0.5, 0.6) is 0 Å². The second-order valence-corrected chi connectivity index (χ2v) is 8.65. The van der Waals surface area contributed by atoms with Crippen molar-refractivity contribution in [3.63, 3.8) is 0 Å². The summed E-state index contributed by atoms with van der Waals surface area (Å²) in [6.45, 7) is 1.95. The van der Waals surface area contributed by atoms with Crippen molar-refractivity contribution in [2.24, 2.45) is 5.92 Å². The number of thiazole rings is 2. The second-order valence-electron chi connectivity index (χ2n) is 6.65. The van der Waals surface area contributed by atoms with Crippen LogP contribution in [0.15, 0.2) is 36.7 Å². The molecule has 140 valence electrons. The Morgan fingerprint density at radius 2 is 2.00 bits per heavy atom. The predicted molar refractivity (Wildman–Crippen MR) is 109 cm³/mol. The number of benzene rings is 1. The molecule has 3 N–H and O–H groups in total. The zero-order valence-corrected chi connectivity index (χ0v) is 16.7. The summed E-state index contributed by atoms with van der Waals surface area (Å²) >= 11 is 3.04. The minimum atomic E-state index is 0.0668. The van der Waals surface area contributed by atoms with Crippen molar-refractivity contribution < 1.29 is 9.78 Å². The molecule has 0 bridgehead atoms. The summed E-state index contributed by atoms with van der Waals surface area (Å²) in [5, 5.41) is 11.5. The summed E-state index contributed by atoms with van der Waals surface area (Å²) in [5.41, 5.74) is 2.79. The van der Waals surface area contributed by atoms with E-state index in [1.807, 2.05) is 37.3 Å². The molecule has 7 nitrogen and oxygen atoms in total. The number of rotatable bonds is 5. The molecule has 3 heterocycles. The Bertz CT molecular complexity index is 1130. The molecule has 0 spiro atoms. The first kappa shape index (κ1) is 17.2. The number of amides is 1. The molecular weight excluding hydrogens is 392 g/mol. The van der Waals surface area contributed by atoms with Crippen LogP contribution >= 0.6 is 22.7 Å². The Morgan fingerprint density at radius 1 is 1.18 bits per heavy atom. The van der Waals surface area contributed by atoms with Gasteiger partial charge in [0, 0.05) is 16.6 Å². The van der Waals surface area contributed by atoms with Crippen LogP contribution in [0, 0.1) is 12.8 Å². The van der Waals surface area contributed by atoms with Gasteiger partial charge in [-0.25, -0.2) is 15.0 Å². The van der Waals surface area contributed by atoms with Gasteiger partial charge in [0.25, 0.3) is 12.2 Å². The van der Waals surface area contributed by atoms with E-state index >= 15 is 0 Å². The highest BCUT2D eigenvalue weighted by molar-refractivity contribution is 7.25. The van der Waals surface area contributed by atoms with E-state index in [1.54, 1.807) is 17.7 Å². The lowest BCUT2D eigenvalue weighted by Crippen LogP contribution is -2.12. The minimum Gasteiger partial charge on any atom is -0.302 e. The van der Waals surface area contributed by atoms with E-state index in [4.69, 9.17) is 4.98 Å². The third-order valence-electron chi connectivity index (χ3n) is 4.52. The zero-order valence-electron chi connectivity index (χ0n) is 15.0. The van der Waals surface area contributed by atoms with E-state index in [-0.39, 0.29) is 11.8 Å². The zero-order chi connectivity index (χ0) is 19.1. The monoisotopic (exact) mass is 409 g/mol. The van der Waals surface area contributed by atoms with Gasteiger partial charge < -0.3 is 5.32 Å². The lowest BCUT2D eigenvalue weighted by Gasteiger charge is -1.97. The molecule has 1 fully saturated rings. The number of carbonyl (C=O) groups is 1. The number of nitrogens with zero attached hydrogens (tertiary/aromatic N) is 3. The van der Waals surface area contributed by atoms with Crippen LogP contribution in [0.1, 0.15) is 18.5 Å². The van der Waals surface area contributed by atoms with E-state index in [1.165, 1.54) is 11.3 Å². The number of aromatic amines is 2. The summed E-state index contributed by atoms with van der Waals surface area (Å²) in [6.07, 6.45) is 3.56. The Kier molecular flexibility index (Phi) is 4.25. The van der Waals surface area contributed by atoms with Gasteiger partial charge in [0.1, 0.15) is 9.88 Å². The Hall–Kier alpha value is -2.91. The molecule has 1 aliphatic carbocycles. The van der Waals surface area contributed by atoms with Gasteiger partial charge in [0.05, 0.1) is 16.3 Å². The van der Waals surface area contributed by atoms with E-state index in [9.17, 15) is 4.79 Å². The predicted octanol–water partition coefficient (Wildman–Crippen LogP) is 3.79. The summed E-state index contributed by atoms with van der Waals surface area (Å²) in [7, 11) is 0. The van der Waals surface area contributed by atoms with Crippen LogP contribution in [0.4, 0.5) is 5.13 Å². The SMILES string of the molecule is Cc1nc(NC(=O)C2CC2)sc1-c1nc(-c2ccccc2)c(-c2[nH]nc[nH+]2)s1. The van der Waals surface area contributed by atoms with Gasteiger partial charge in [0.15, 0.2) is 5.13 Å². The van der Waals surface area contributed by atoms with Crippen molar-refractivity contribution in [3.8, 4) is 31.8 Å². The number of hydrogen-bond acceptors (Lipinski definition) is 6. The van der Waals surface area contributed by atoms with Crippen LogP contribution in [-0.2, 0) is 4.79 Å². The van der Waals surface area contributed by atoms with Gasteiger partial charge in [-0.3, -0.25) is 4.79 Å². The molecule has 28 heavy (non-hydrogen) atoms. The van der Waals surface area contributed by atoms with Crippen molar-refractivity contribution in [1.82, 2.24) is 20.2 Å². The molecular formula is C19H17N6OS2+. The van der Waals surface area contributed by atoms with E-state index < -0.39 is 0 Å². The number of H-pyrrole nitrogens is 2. The van der Waals surface area contributed by atoms with E-state index in [0.717, 1.165) is 50.4 Å². The maximum absolute atomic E-state index is 12.1. The highest BCUT2D eigenvalue weighted by Crippen LogP contribution is 2.42. The van der Waals surface area contributed by atoms with Crippen molar-refractivity contribution >= 4 is 33.7 Å². The fourth-order valence-corrected chi connectivity index (χ4v) is 5.06. The first-order chi connectivity index (χ1) is 13.7. The van der Waals surface area contributed by atoms with Gasteiger partial charge in [-0.1, -0.05) is 41.7 Å². The highest BCUT2D eigenvalue weighted by atomic mass is 32.1. The first-order valence-corrected chi connectivity index (χ1v) is 10.6. The van der Waals surface area contributed by atoms with Crippen molar-refractivity contribution in [2.45, 2.75) is 19.8 Å². The molecule has 3 aromatic heterocycles. The molecule has 9 heteroatoms. The molecule has 1 amide bonds. The lowest BCUT2D eigenvalue weighted by molar-refractivity contribution is -0.364. The smallest absolute Gasteiger partial charge is 0.274 e. The van der Waals surface area contributed by atoms with Gasteiger partial charge in [-0.15, -0.1) is 16.4 Å². The van der Waals surface area contributed by atoms with Gasteiger partial charge >= 0.3 is 0 Å². The normalized spacial score (nSPS) is 13.6. The number of anilines is 1. The molecule has 0 aliphatic heterocycles. The summed E-state index contributed by atoms with van der Waals surface area (Å²) in [4.78, 5) is 26.6. The van der Waals surface area contributed by atoms with E-state index in [2.05, 4.69) is 25.5 Å².